The second-order valence-corrected chi connectivity index (χ2v) is 9.05. The van der Waals surface area contributed by atoms with E-state index in [0.717, 1.165) is 22.3 Å². The van der Waals surface area contributed by atoms with E-state index in [-0.39, 0.29) is 19.1 Å². The summed E-state index contributed by atoms with van der Waals surface area (Å²) in [6, 6.07) is 14.5. The van der Waals surface area contributed by atoms with Crippen LogP contribution in [0.25, 0.3) is 11.1 Å². The Morgan fingerprint density at radius 2 is 1.74 bits per heavy atom. The van der Waals surface area contributed by atoms with Crippen LogP contribution in [0.5, 0.6) is 0 Å². The number of aliphatic hydroxyl groups is 1. The zero-order valence-electron chi connectivity index (χ0n) is 19.0. The molecule has 0 spiro atoms. The first-order valence-electron chi connectivity index (χ1n) is 11.3. The third-order valence-corrected chi connectivity index (χ3v) is 6.45. The van der Waals surface area contributed by atoms with E-state index in [1.54, 1.807) is 0 Å². The second kappa shape index (κ2) is 9.82. The van der Waals surface area contributed by atoms with E-state index in [9.17, 15) is 24.6 Å². The number of aliphatic carboxylic acids is 1. The number of alkyl carbamates (subject to hydrolysis) is 1. The van der Waals surface area contributed by atoms with Gasteiger partial charge in [0, 0.05) is 25.6 Å². The van der Waals surface area contributed by atoms with Gasteiger partial charge < -0.3 is 30.5 Å². The number of carbonyl (C=O) groups excluding carboxylic acids is 2. The normalized spacial score (nSPS) is 20.3. The highest BCUT2D eigenvalue weighted by Gasteiger charge is 2.36. The van der Waals surface area contributed by atoms with Gasteiger partial charge in [0.2, 0.25) is 5.91 Å². The highest BCUT2D eigenvalue weighted by atomic mass is 16.5. The molecule has 2 atom stereocenters. The second-order valence-electron chi connectivity index (χ2n) is 9.05. The minimum Gasteiger partial charge on any atom is -0.481 e. The van der Waals surface area contributed by atoms with Crippen LogP contribution in [0.15, 0.2) is 48.5 Å². The molecule has 4 rings (SSSR count). The maximum Gasteiger partial charge on any atom is 0.407 e. The summed E-state index contributed by atoms with van der Waals surface area (Å²) < 4.78 is 5.43. The Hall–Kier alpha value is -3.43. The highest BCUT2D eigenvalue weighted by Crippen LogP contribution is 2.44. The van der Waals surface area contributed by atoms with Gasteiger partial charge >= 0.3 is 12.1 Å². The zero-order valence-corrected chi connectivity index (χ0v) is 19.0. The topological polar surface area (TPSA) is 128 Å². The van der Waals surface area contributed by atoms with Crippen LogP contribution in [-0.4, -0.2) is 78.0 Å². The Morgan fingerprint density at radius 3 is 2.29 bits per heavy atom. The standard InChI is InChI=1S/C25H29N3O6/c1-28-11-10-25(33,15-28)14-26-23(31)21(12-22(29)30)27-24(32)34-13-20-18-8-4-2-6-16(18)17-7-3-5-9-19(17)20/h2-9,20-21,33H,10-15H2,1H3,(H,26,31)(H,27,32)(H,29,30). The molecule has 9 nitrogen and oxygen atoms in total. The molecule has 4 N–H and O–H groups in total. The average molecular weight is 468 g/mol. The Labute approximate surface area is 197 Å². The largest absolute Gasteiger partial charge is 0.481 e. The van der Waals surface area contributed by atoms with E-state index in [1.807, 2.05) is 60.5 Å². The predicted molar refractivity (Wildman–Crippen MR) is 124 cm³/mol. The lowest BCUT2D eigenvalue weighted by Gasteiger charge is -2.24. The highest BCUT2D eigenvalue weighted by molar-refractivity contribution is 5.89. The van der Waals surface area contributed by atoms with Crippen molar-refractivity contribution in [3.63, 3.8) is 0 Å². The van der Waals surface area contributed by atoms with Crippen LogP contribution < -0.4 is 10.6 Å². The Kier molecular flexibility index (Phi) is 6.85. The SMILES string of the molecule is CN1CCC(O)(CNC(=O)C(CC(=O)O)NC(=O)OCC2c3ccccc3-c3ccccc32)C1. The van der Waals surface area contributed by atoms with E-state index >= 15 is 0 Å². The molecule has 1 aliphatic carbocycles. The number of rotatable bonds is 8. The number of nitrogens with zero attached hydrogens (tertiary/aromatic N) is 1. The minimum absolute atomic E-state index is 0.0291. The first-order chi connectivity index (χ1) is 16.3. The van der Waals surface area contributed by atoms with Gasteiger partial charge in [-0.15, -0.1) is 0 Å². The number of likely N-dealkylation sites (N-methyl/N-ethyl adjacent to an activating group) is 1. The average Bonchev–Trinajstić information content (AvgIpc) is 3.32. The lowest BCUT2D eigenvalue weighted by molar-refractivity contribution is -0.140. The fourth-order valence-corrected chi connectivity index (χ4v) is 4.74. The smallest absolute Gasteiger partial charge is 0.407 e. The number of carboxylic acids is 1. The van der Waals surface area contributed by atoms with Crippen molar-refractivity contribution >= 4 is 18.0 Å². The number of benzene rings is 2. The van der Waals surface area contributed by atoms with E-state index in [2.05, 4.69) is 10.6 Å². The molecule has 2 aromatic carbocycles. The lowest BCUT2D eigenvalue weighted by Crippen LogP contribution is -2.52. The Morgan fingerprint density at radius 1 is 1.12 bits per heavy atom. The van der Waals surface area contributed by atoms with Crippen molar-refractivity contribution in [1.82, 2.24) is 15.5 Å². The summed E-state index contributed by atoms with van der Waals surface area (Å²) in [6.07, 6.45) is -0.982. The third kappa shape index (κ3) is 5.21. The molecule has 1 aliphatic heterocycles. The van der Waals surface area contributed by atoms with Gasteiger partial charge in [-0.25, -0.2) is 4.79 Å². The molecule has 1 saturated heterocycles. The van der Waals surface area contributed by atoms with E-state index in [1.165, 1.54) is 0 Å². The van der Waals surface area contributed by atoms with Crippen molar-refractivity contribution in [1.29, 1.82) is 0 Å². The molecular formula is C25H29N3O6. The van der Waals surface area contributed by atoms with Crippen LogP contribution in [-0.2, 0) is 14.3 Å². The quantitative estimate of drug-likeness (QED) is 0.464. The molecule has 34 heavy (non-hydrogen) atoms. The first kappa shape index (κ1) is 23.7. The number of ether oxygens (including phenoxy) is 1. The summed E-state index contributed by atoms with van der Waals surface area (Å²) in [4.78, 5) is 38.4. The number of hydrogen-bond acceptors (Lipinski definition) is 6. The van der Waals surface area contributed by atoms with Gasteiger partial charge in [-0.2, -0.15) is 0 Å². The van der Waals surface area contributed by atoms with Gasteiger partial charge in [-0.1, -0.05) is 48.5 Å². The number of carbonyl (C=O) groups is 3. The number of amides is 2. The van der Waals surface area contributed by atoms with Gasteiger partial charge in [0.25, 0.3) is 0 Å². The molecule has 2 aromatic rings. The molecule has 0 saturated carbocycles. The monoisotopic (exact) mass is 467 g/mol. The Balaban J connectivity index is 1.37. The predicted octanol–water partition coefficient (Wildman–Crippen LogP) is 1.55. The van der Waals surface area contributed by atoms with Gasteiger partial charge in [0.15, 0.2) is 0 Å². The molecule has 2 unspecified atom stereocenters. The molecule has 9 heteroatoms. The van der Waals surface area contributed by atoms with Crippen molar-refractivity contribution in [2.75, 3.05) is 33.3 Å². The van der Waals surface area contributed by atoms with E-state index in [0.29, 0.717) is 19.5 Å². The number of fused-ring (bicyclic) bond motifs is 3. The summed E-state index contributed by atoms with van der Waals surface area (Å²) in [5, 5.41) is 24.7. The van der Waals surface area contributed by atoms with Gasteiger partial charge in [0.05, 0.1) is 12.0 Å². The molecule has 1 heterocycles. The lowest BCUT2D eigenvalue weighted by atomic mass is 9.98. The van der Waals surface area contributed by atoms with Crippen LogP contribution in [0.3, 0.4) is 0 Å². The van der Waals surface area contributed by atoms with Crippen LogP contribution in [0, 0.1) is 0 Å². The van der Waals surface area contributed by atoms with E-state index < -0.39 is 36.0 Å². The van der Waals surface area contributed by atoms with Crippen molar-refractivity contribution in [2.45, 2.75) is 30.4 Å². The number of likely N-dealkylation sites (tertiary alicyclic amines) is 1. The van der Waals surface area contributed by atoms with Crippen molar-refractivity contribution in [2.24, 2.45) is 0 Å². The molecule has 2 aliphatic rings. The molecular weight excluding hydrogens is 438 g/mol. The molecule has 0 aromatic heterocycles. The van der Waals surface area contributed by atoms with Gasteiger partial charge in [-0.3, -0.25) is 9.59 Å². The Bertz CT molecular complexity index is 1040. The zero-order chi connectivity index (χ0) is 24.3. The summed E-state index contributed by atoms with van der Waals surface area (Å²) >= 11 is 0. The van der Waals surface area contributed by atoms with Crippen LogP contribution in [0.1, 0.15) is 29.9 Å². The molecule has 1 fully saturated rings. The van der Waals surface area contributed by atoms with Crippen molar-refractivity contribution in [3.8, 4) is 11.1 Å². The summed E-state index contributed by atoms with van der Waals surface area (Å²) in [5.74, 6) is -2.07. The van der Waals surface area contributed by atoms with Crippen LogP contribution in [0.2, 0.25) is 0 Å². The fraction of sp³-hybridized carbons (Fsp3) is 0.400. The van der Waals surface area contributed by atoms with Crippen LogP contribution >= 0.6 is 0 Å². The maximum absolute atomic E-state index is 12.6. The maximum atomic E-state index is 12.6. The minimum atomic E-state index is -1.32. The van der Waals surface area contributed by atoms with Gasteiger partial charge in [-0.05, 0) is 35.7 Å². The molecule has 0 bridgehead atoms. The van der Waals surface area contributed by atoms with Crippen molar-refractivity contribution in [3.05, 3.63) is 59.7 Å². The number of carboxylic acid groups (broad SMARTS) is 1. The van der Waals surface area contributed by atoms with Gasteiger partial charge in [0.1, 0.15) is 12.6 Å². The molecule has 180 valence electrons. The van der Waals surface area contributed by atoms with E-state index in [4.69, 9.17) is 4.74 Å². The van der Waals surface area contributed by atoms with Crippen LogP contribution in [0.4, 0.5) is 4.79 Å². The number of β-amino-alcohol motifs (C(OH)–C–C–N with tert-alkyl or cyclic N) is 1. The number of nitrogens with one attached hydrogen (secondary N) is 2. The number of hydrogen-bond donors (Lipinski definition) is 4. The summed E-state index contributed by atoms with van der Waals surface area (Å²) in [6.45, 7) is 1.12. The summed E-state index contributed by atoms with van der Waals surface area (Å²) in [5.41, 5.74) is 3.19. The third-order valence-electron chi connectivity index (χ3n) is 6.45. The first-order valence-corrected chi connectivity index (χ1v) is 11.3. The molecule has 0 radical (unpaired) electrons. The van der Waals surface area contributed by atoms with Crippen molar-refractivity contribution < 1.29 is 29.3 Å². The summed E-state index contributed by atoms with van der Waals surface area (Å²) in [7, 11) is 1.87. The molecule has 2 amide bonds. The fourth-order valence-electron chi connectivity index (χ4n) is 4.74.